The van der Waals surface area contributed by atoms with Gasteiger partial charge in [0.25, 0.3) is 0 Å². The van der Waals surface area contributed by atoms with E-state index >= 15 is 0 Å². The van der Waals surface area contributed by atoms with Crippen molar-refractivity contribution in [3.05, 3.63) is 35.4 Å². The lowest BCUT2D eigenvalue weighted by atomic mass is 9.87. The molecule has 1 aliphatic heterocycles. The second-order valence-corrected chi connectivity index (χ2v) is 5.83. The molecule has 1 heterocycles. The van der Waals surface area contributed by atoms with Crippen molar-refractivity contribution in [2.75, 3.05) is 5.75 Å². The fourth-order valence-electron chi connectivity index (χ4n) is 2.20. The molecule has 1 aromatic carbocycles. The van der Waals surface area contributed by atoms with Gasteiger partial charge >= 0.3 is 6.18 Å². The van der Waals surface area contributed by atoms with Crippen molar-refractivity contribution in [2.24, 2.45) is 0 Å². The average Bonchev–Trinajstić information content (AvgIpc) is 2.59. The van der Waals surface area contributed by atoms with Crippen molar-refractivity contribution < 1.29 is 18.3 Å². The van der Waals surface area contributed by atoms with Gasteiger partial charge in [-0.2, -0.15) is 24.9 Å². The van der Waals surface area contributed by atoms with Gasteiger partial charge in [0, 0.05) is 11.0 Å². The minimum Gasteiger partial charge on any atom is -0.384 e. The normalized spacial score (nSPS) is 29.6. The van der Waals surface area contributed by atoms with Gasteiger partial charge < -0.3 is 5.11 Å². The van der Waals surface area contributed by atoms with Gasteiger partial charge in [-0.25, -0.2) is 0 Å². The Hall–Kier alpha value is -0.680. The van der Waals surface area contributed by atoms with E-state index in [4.69, 9.17) is 0 Å². The van der Waals surface area contributed by atoms with Crippen molar-refractivity contribution in [3.8, 4) is 0 Å². The Morgan fingerprint density at radius 1 is 1.35 bits per heavy atom. The monoisotopic (exact) mass is 262 g/mol. The van der Waals surface area contributed by atoms with E-state index in [-0.39, 0.29) is 10.8 Å². The van der Waals surface area contributed by atoms with Crippen molar-refractivity contribution in [1.29, 1.82) is 0 Å². The van der Waals surface area contributed by atoms with Crippen LogP contribution in [0.3, 0.4) is 0 Å². The van der Waals surface area contributed by atoms with E-state index in [1.165, 1.54) is 30.0 Å². The Labute approximate surface area is 102 Å². The molecule has 17 heavy (non-hydrogen) atoms. The Balaban J connectivity index is 2.46. The van der Waals surface area contributed by atoms with Crippen LogP contribution >= 0.6 is 11.8 Å². The smallest absolute Gasteiger partial charge is 0.384 e. The third kappa shape index (κ3) is 2.45. The molecule has 5 heteroatoms. The summed E-state index contributed by atoms with van der Waals surface area (Å²) in [6, 6.07) is 5.29. The summed E-state index contributed by atoms with van der Waals surface area (Å²) in [5, 5.41) is 10.5. The van der Waals surface area contributed by atoms with Crippen LogP contribution in [0.4, 0.5) is 13.2 Å². The molecule has 2 rings (SSSR count). The first-order valence-corrected chi connectivity index (χ1v) is 6.38. The summed E-state index contributed by atoms with van der Waals surface area (Å²) in [5.41, 5.74) is -2.07. The van der Waals surface area contributed by atoms with Crippen LogP contribution in [0.1, 0.15) is 24.5 Å². The summed E-state index contributed by atoms with van der Waals surface area (Å²) < 4.78 is 38.6. The molecule has 2 unspecified atom stereocenters. The molecule has 1 saturated heterocycles. The van der Waals surface area contributed by atoms with Crippen LogP contribution in [-0.2, 0) is 11.8 Å². The zero-order chi connectivity index (χ0) is 12.7. The standard InChI is InChI=1S/C12H13F3OS/c1-8-6-11(16,7-17-8)9-4-2-3-5-10(9)12(13,14)15/h2-5,8,16H,6-7H2,1H3. The maximum Gasteiger partial charge on any atom is 0.416 e. The molecule has 2 atom stereocenters. The lowest BCUT2D eigenvalue weighted by molar-refractivity contribution is -0.140. The molecule has 1 nitrogen and oxygen atoms in total. The predicted octanol–water partition coefficient (Wildman–Crippen LogP) is 3.42. The van der Waals surface area contributed by atoms with Crippen molar-refractivity contribution in [1.82, 2.24) is 0 Å². The number of alkyl halides is 3. The van der Waals surface area contributed by atoms with Crippen molar-refractivity contribution in [2.45, 2.75) is 30.4 Å². The fourth-order valence-corrected chi connectivity index (χ4v) is 3.42. The molecule has 0 bridgehead atoms. The molecule has 0 saturated carbocycles. The van der Waals surface area contributed by atoms with E-state index in [1.54, 1.807) is 0 Å². The number of rotatable bonds is 1. The highest BCUT2D eigenvalue weighted by atomic mass is 32.2. The van der Waals surface area contributed by atoms with E-state index in [1.807, 2.05) is 6.92 Å². The molecule has 94 valence electrons. The van der Waals surface area contributed by atoms with E-state index in [2.05, 4.69) is 0 Å². The number of hydrogen-bond donors (Lipinski definition) is 1. The molecule has 0 spiro atoms. The Morgan fingerprint density at radius 2 is 2.00 bits per heavy atom. The van der Waals surface area contributed by atoms with Crippen LogP contribution < -0.4 is 0 Å². The van der Waals surface area contributed by atoms with Crippen LogP contribution in [0, 0.1) is 0 Å². The molecule has 1 aliphatic rings. The highest BCUT2D eigenvalue weighted by molar-refractivity contribution is 8.00. The molecule has 0 aromatic heterocycles. The minimum atomic E-state index is -4.41. The summed E-state index contributed by atoms with van der Waals surface area (Å²) >= 11 is 1.50. The SMILES string of the molecule is CC1CC(O)(c2ccccc2C(F)(F)F)CS1. The first kappa shape index (κ1) is 12.8. The average molecular weight is 262 g/mol. The largest absolute Gasteiger partial charge is 0.416 e. The van der Waals surface area contributed by atoms with Gasteiger partial charge in [0.15, 0.2) is 0 Å². The molecular formula is C12H13F3OS. The number of thioether (sulfide) groups is 1. The Kier molecular flexibility index (Phi) is 3.16. The molecule has 0 radical (unpaired) electrons. The zero-order valence-corrected chi connectivity index (χ0v) is 10.1. The predicted molar refractivity (Wildman–Crippen MR) is 61.9 cm³/mol. The highest BCUT2D eigenvalue weighted by Gasteiger charge is 2.44. The number of benzene rings is 1. The van der Waals surface area contributed by atoms with Crippen LogP contribution in [0.15, 0.2) is 24.3 Å². The maximum absolute atomic E-state index is 12.9. The van der Waals surface area contributed by atoms with Gasteiger partial charge in [-0.3, -0.25) is 0 Å². The van der Waals surface area contributed by atoms with Crippen LogP contribution in [0.5, 0.6) is 0 Å². The van der Waals surface area contributed by atoms with Crippen LogP contribution in [0.25, 0.3) is 0 Å². The van der Waals surface area contributed by atoms with Crippen LogP contribution in [0.2, 0.25) is 0 Å². The fraction of sp³-hybridized carbons (Fsp3) is 0.500. The quantitative estimate of drug-likeness (QED) is 0.837. The summed E-state index contributed by atoms with van der Waals surface area (Å²) in [6.45, 7) is 1.92. The second-order valence-electron chi connectivity index (χ2n) is 4.40. The summed E-state index contributed by atoms with van der Waals surface area (Å²) in [5.74, 6) is 0.321. The van der Waals surface area contributed by atoms with E-state index < -0.39 is 17.3 Å². The summed E-state index contributed by atoms with van der Waals surface area (Å²) in [6.07, 6.45) is -4.05. The molecule has 0 aliphatic carbocycles. The minimum absolute atomic E-state index is 0.00403. The Bertz CT molecular complexity index is 418. The molecular weight excluding hydrogens is 249 g/mol. The summed E-state index contributed by atoms with van der Waals surface area (Å²) in [4.78, 5) is 0. The lowest BCUT2D eigenvalue weighted by Crippen LogP contribution is -2.29. The van der Waals surface area contributed by atoms with Gasteiger partial charge in [0.2, 0.25) is 0 Å². The first-order chi connectivity index (χ1) is 7.83. The number of aliphatic hydroxyl groups is 1. The second kappa shape index (κ2) is 4.21. The van der Waals surface area contributed by atoms with Crippen molar-refractivity contribution in [3.63, 3.8) is 0 Å². The van der Waals surface area contributed by atoms with Crippen LogP contribution in [-0.4, -0.2) is 16.1 Å². The lowest BCUT2D eigenvalue weighted by Gasteiger charge is -2.26. The Morgan fingerprint density at radius 3 is 2.53 bits per heavy atom. The maximum atomic E-state index is 12.9. The van der Waals surface area contributed by atoms with Gasteiger partial charge in [-0.15, -0.1) is 0 Å². The summed E-state index contributed by atoms with van der Waals surface area (Å²) in [7, 11) is 0. The number of hydrogen-bond acceptors (Lipinski definition) is 2. The highest BCUT2D eigenvalue weighted by Crippen LogP contribution is 2.45. The third-order valence-electron chi connectivity index (χ3n) is 2.97. The molecule has 1 N–H and O–H groups in total. The van der Waals surface area contributed by atoms with Gasteiger partial charge in [-0.05, 0) is 18.1 Å². The first-order valence-electron chi connectivity index (χ1n) is 5.33. The van der Waals surface area contributed by atoms with Crippen molar-refractivity contribution >= 4 is 11.8 Å². The van der Waals surface area contributed by atoms with E-state index in [0.717, 1.165) is 6.07 Å². The third-order valence-corrected chi connectivity index (χ3v) is 4.35. The van der Waals surface area contributed by atoms with Gasteiger partial charge in [0.1, 0.15) is 5.60 Å². The molecule has 0 amide bonds. The molecule has 1 fully saturated rings. The number of halogens is 3. The van der Waals surface area contributed by atoms with Gasteiger partial charge in [0.05, 0.1) is 5.56 Å². The van der Waals surface area contributed by atoms with E-state index in [0.29, 0.717) is 12.2 Å². The van der Waals surface area contributed by atoms with E-state index in [9.17, 15) is 18.3 Å². The topological polar surface area (TPSA) is 20.2 Å². The molecule has 1 aromatic rings. The zero-order valence-electron chi connectivity index (χ0n) is 9.29. The van der Waals surface area contributed by atoms with Gasteiger partial charge in [-0.1, -0.05) is 25.1 Å².